The van der Waals surface area contributed by atoms with Crippen LogP contribution >= 0.6 is 0 Å². The molecule has 0 bridgehead atoms. The van der Waals surface area contributed by atoms with Crippen molar-refractivity contribution in [2.24, 2.45) is 0 Å². The van der Waals surface area contributed by atoms with Crippen LogP contribution in [-0.4, -0.2) is 38.4 Å². The standard InChI is InChI=1S/C25H26N4O/c1-2-12-29-16-23(18-7-3-4-9-20(18)25(29)30)22(15-28-13-11-26-17-28)21-14-27-24-10-6-5-8-19(21)24/h3-11,13-14,17,22-23,27H,2,12,15-16H2,1H3. The summed E-state index contributed by atoms with van der Waals surface area (Å²) in [6.45, 7) is 4.47. The van der Waals surface area contributed by atoms with Gasteiger partial charge in [0.2, 0.25) is 0 Å². The highest BCUT2D eigenvalue weighted by molar-refractivity contribution is 5.97. The fourth-order valence-corrected chi connectivity index (χ4v) is 4.88. The molecule has 3 heterocycles. The van der Waals surface area contributed by atoms with E-state index in [0.717, 1.165) is 42.7 Å². The van der Waals surface area contributed by atoms with Crippen LogP contribution in [0.5, 0.6) is 0 Å². The van der Waals surface area contributed by atoms with E-state index in [2.05, 4.69) is 64.1 Å². The zero-order valence-electron chi connectivity index (χ0n) is 17.2. The van der Waals surface area contributed by atoms with Gasteiger partial charge in [0, 0.05) is 66.5 Å². The molecule has 2 aromatic carbocycles. The molecule has 0 saturated heterocycles. The molecule has 2 aromatic heterocycles. The molecule has 152 valence electrons. The number of carbonyl (C=O) groups excluding carboxylic acids is 1. The molecule has 0 aliphatic carbocycles. The zero-order valence-corrected chi connectivity index (χ0v) is 17.2. The van der Waals surface area contributed by atoms with Gasteiger partial charge in [0.15, 0.2) is 0 Å². The van der Waals surface area contributed by atoms with Crippen molar-refractivity contribution < 1.29 is 4.79 Å². The smallest absolute Gasteiger partial charge is 0.254 e. The minimum absolute atomic E-state index is 0.156. The molecule has 2 unspecified atom stereocenters. The predicted octanol–water partition coefficient (Wildman–Crippen LogP) is 4.80. The molecule has 1 N–H and O–H groups in total. The Morgan fingerprint density at radius 2 is 2.00 bits per heavy atom. The van der Waals surface area contributed by atoms with Crippen molar-refractivity contribution in [2.75, 3.05) is 13.1 Å². The summed E-state index contributed by atoms with van der Waals surface area (Å²) in [6.07, 6.45) is 8.83. The summed E-state index contributed by atoms with van der Waals surface area (Å²) in [6, 6.07) is 16.6. The number of amides is 1. The molecule has 0 fully saturated rings. The van der Waals surface area contributed by atoms with Crippen molar-refractivity contribution in [2.45, 2.75) is 31.7 Å². The van der Waals surface area contributed by atoms with Crippen molar-refractivity contribution >= 4 is 16.8 Å². The minimum atomic E-state index is 0.156. The fraction of sp³-hybridized carbons (Fsp3) is 0.280. The highest BCUT2D eigenvalue weighted by Crippen LogP contribution is 2.42. The van der Waals surface area contributed by atoms with Crippen LogP contribution in [0.1, 0.15) is 46.7 Å². The molecule has 1 amide bonds. The number of H-pyrrole nitrogens is 1. The van der Waals surface area contributed by atoms with Gasteiger partial charge in [-0.15, -0.1) is 0 Å². The topological polar surface area (TPSA) is 53.9 Å². The van der Waals surface area contributed by atoms with E-state index >= 15 is 0 Å². The number of aromatic amines is 1. The number of nitrogens with one attached hydrogen (secondary N) is 1. The third-order valence-corrected chi connectivity index (χ3v) is 6.26. The molecule has 30 heavy (non-hydrogen) atoms. The Labute approximate surface area is 176 Å². The van der Waals surface area contributed by atoms with Crippen LogP contribution in [0, 0.1) is 0 Å². The average Bonchev–Trinajstić information content (AvgIpc) is 3.44. The van der Waals surface area contributed by atoms with Crippen molar-refractivity contribution in [3.8, 4) is 0 Å². The van der Waals surface area contributed by atoms with Crippen LogP contribution in [-0.2, 0) is 6.54 Å². The quantitative estimate of drug-likeness (QED) is 0.507. The summed E-state index contributed by atoms with van der Waals surface area (Å²) in [5.41, 5.74) is 4.45. The number of para-hydroxylation sites is 1. The summed E-state index contributed by atoms with van der Waals surface area (Å²) >= 11 is 0. The molecular weight excluding hydrogens is 372 g/mol. The van der Waals surface area contributed by atoms with E-state index in [-0.39, 0.29) is 17.7 Å². The lowest BCUT2D eigenvalue weighted by Crippen LogP contribution is -2.42. The van der Waals surface area contributed by atoms with Gasteiger partial charge in [-0.1, -0.05) is 43.3 Å². The lowest BCUT2D eigenvalue weighted by atomic mass is 9.77. The van der Waals surface area contributed by atoms with Gasteiger partial charge < -0.3 is 14.5 Å². The van der Waals surface area contributed by atoms with Crippen molar-refractivity contribution in [1.29, 1.82) is 0 Å². The van der Waals surface area contributed by atoms with Gasteiger partial charge >= 0.3 is 0 Å². The molecule has 4 aromatic rings. The molecule has 5 rings (SSSR count). The number of carbonyl (C=O) groups is 1. The Balaban J connectivity index is 1.65. The summed E-state index contributed by atoms with van der Waals surface area (Å²) in [5, 5.41) is 1.25. The maximum atomic E-state index is 13.1. The van der Waals surface area contributed by atoms with Crippen molar-refractivity contribution in [3.63, 3.8) is 0 Å². The third kappa shape index (κ3) is 3.20. The molecule has 5 heteroatoms. The van der Waals surface area contributed by atoms with Crippen LogP contribution in [0.3, 0.4) is 0 Å². The lowest BCUT2D eigenvalue weighted by molar-refractivity contribution is 0.0711. The first-order valence-corrected chi connectivity index (χ1v) is 10.7. The normalized spacial score (nSPS) is 17.3. The summed E-state index contributed by atoms with van der Waals surface area (Å²) in [7, 11) is 0. The van der Waals surface area contributed by atoms with Crippen LogP contribution < -0.4 is 0 Å². The van der Waals surface area contributed by atoms with Crippen molar-refractivity contribution in [1.82, 2.24) is 19.4 Å². The van der Waals surface area contributed by atoms with E-state index in [0.29, 0.717) is 0 Å². The van der Waals surface area contributed by atoms with E-state index in [1.807, 2.05) is 35.8 Å². The minimum Gasteiger partial charge on any atom is -0.361 e. The number of hydrogen-bond donors (Lipinski definition) is 1. The van der Waals surface area contributed by atoms with Gasteiger partial charge in [-0.3, -0.25) is 4.79 Å². The molecule has 2 atom stereocenters. The van der Waals surface area contributed by atoms with E-state index in [1.165, 1.54) is 10.9 Å². The highest BCUT2D eigenvalue weighted by atomic mass is 16.2. The predicted molar refractivity (Wildman–Crippen MR) is 119 cm³/mol. The van der Waals surface area contributed by atoms with Crippen LogP contribution in [0.15, 0.2) is 73.4 Å². The first-order chi connectivity index (χ1) is 14.8. The molecular formula is C25H26N4O. The van der Waals surface area contributed by atoms with E-state index < -0.39 is 0 Å². The average molecular weight is 399 g/mol. The third-order valence-electron chi connectivity index (χ3n) is 6.26. The van der Waals surface area contributed by atoms with Crippen LogP contribution in [0.25, 0.3) is 10.9 Å². The van der Waals surface area contributed by atoms with E-state index in [9.17, 15) is 4.79 Å². The summed E-state index contributed by atoms with van der Waals surface area (Å²) < 4.78 is 2.15. The number of benzene rings is 2. The second-order valence-electron chi connectivity index (χ2n) is 8.10. The maximum Gasteiger partial charge on any atom is 0.254 e. The Hall–Kier alpha value is -3.34. The fourth-order valence-electron chi connectivity index (χ4n) is 4.88. The number of fused-ring (bicyclic) bond motifs is 2. The van der Waals surface area contributed by atoms with Gasteiger partial charge in [0.25, 0.3) is 5.91 Å². The largest absolute Gasteiger partial charge is 0.361 e. The maximum absolute atomic E-state index is 13.1. The molecule has 0 radical (unpaired) electrons. The number of aromatic nitrogens is 3. The number of rotatable bonds is 6. The van der Waals surface area contributed by atoms with Gasteiger partial charge in [0.05, 0.1) is 6.33 Å². The molecule has 0 spiro atoms. The van der Waals surface area contributed by atoms with Crippen LogP contribution in [0.2, 0.25) is 0 Å². The SMILES string of the molecule is CCCN1CC(C(Cn2ccnc2)c2c[nH]c3ccccc23)c2ccccc2C1=O. The number of nitrogens with zero attached hydrogens (tertiary/aromatic N) is 3. The highest BCUT2D eigenvalue weighted by Gasteiger charge is 2.36. The summed E-state index contributed by atoms with van der Waals surface area (Å²) in [4.78, 5) is 22.8. The molecule has 5 nitrogen and oxygen atoms in total. The van der Waals surface area contributed by atoms with Gasteiger partial charge in [-0.25, -0.2) is 4.98 Å². The zero-order chi connectivity index (χ0) is 20.5. The first kappa shape index (κ1) is 18.7. The second kappa shape index (κ2) is 7.82. The Morgan fingerprint density at radius 1 is 1.17 bits per heavy atom. The molecule has 0 saturated carbocycles. The second-order valence-corrected chi connectivity index (χ2v) is 8.10. The molecule has 1 aliphatic rings. The van der Waals surface area contributed by atoms with E-state index in [1.54, 1.807) is 0 Å². The van der Waals surface area contributed by atoms with E-state index in [4.69, 9.17) is 0 Å². The lowest BCUT2D eigenvalue weighted by Gasteiger charge is -2.38. The Morgan fingerprint density at radius 3 is 2.83 bits per heavy atom. The number of hydrogen-bond acceptors (Lipinski definition) is 2. The van der Waals surface area contributed by atoms with Crippen molar-refractivity contribution in [3.05, 3.63) is 90.1 Å². The van der Waals surface area contributed by atoms with Crippen LogP contribution in [0.4, 0.5) is 0 Å². The van der Waals surface area contributed by atoms with Gasteiger partial charge in [-0.2, -0.15) is 0 Å². The molecule has 1 aliphatic heterocycles. The summed E-state index contributed by atoms with van der Waals surface area (Å²) in [5.74, 6) is 0.583. The monoisotopic (exact) mass is 398 g/mol. The van der Waals surface area contributed by atoms with Gasteiger partial charge in [-0.05, 0) is 29.7 Å². The van der Waals surface area contributed by atoms with Gasteiger partial charge in [0.1, 0.15) is 0 Å². The Bertz CT molecular complexity index is 1160. The number of imidazole rings is 1. The Kier molecular flexibility index (Phi) is 4.87. The first-order valence-electron chi connectivity index (χ1n) is 10.7.